The molecule has 0 bridgehead atoms. The lowest BCUT2D eigenvalue weighted by atomic mass is 10.1. The zero-order valence-corrected chi connectivity index (χ0v) is 64.6. The number of carbonyl (C=O) groups excluding carboxylic acids is 5. The SMILES string of the molecule is C=C1CSc2cc(C(=O)Nc3ccn(C4O[C@H](CO)[C@@H](O)C4(F)F)c(=O)n3)ccc2N1.C=C1Cc2cc(C(=O)Nc3ccn(C4O[C@H](CO)[C@@H](O)C4(F)F)c(=O)n3)ccc2N1C.C=C1Oc2ccc(C(=O)Nc3ccn(C4O[C@H](CO)[C@@H](O)C4(F)F)c(=O)n3)cc2N1C.O=C1Cc2cc(C(=O)Nc3ccn(C4O[C@H](CO)[C@@H](O)C4(F)F)c(=O)n3)ccc2N1. The average molecular weight is 1750 g/mol. The molecule has 123 heavy (non-hydrogen) atoms. The molecule has 12 atom stereocenters. The van der Waals surface area contributed by atoms with Gasteiger partial charge in [-0.3, -0.25) is 42.2 Å². The Morgan fingerprint density at radius 3 is 1.18 bits per heavy atom. The predicted octanol–water partition coefficient (Wildman–Crippen LogP) is 2.86. The number of aliphatic hydroxyl groups excluding tert-OH is 8. The second-order valence-electron chi connectivity index (χ2n) is 28.4. The Morgan fingerprint density at radius 2 is 0.805 bits per heavy atom. The number of aliphatic hydroxyl groups is 8. The van der Waals surface area contributed by atoms with Crippen LogP contribution in [-0.4, -0.2) is 227 Å². The molecule has 16 rings (SSSR count). The summed E-state index contributed by atoms with van der Waals surface area (Å²) in [5, 5.41) is 90.1. The minimum Gasteiger partial charge on any atom is -0.439 e. The van der Waals surface area contributed by atoms with Gasteiger partial charge < -0.3 is 106 Å². The number of allylic oxidation sites excluding steroid dienone is 1. The largest absolute Gasteiger partial charge is 0.439 e. The number of halogens is 8. The van der Waals surface area contributed by atoms with Gasteiger partial charge in [0.1, 0.15) is 47.7 Å². The van der Waals surface area contributed by atoms with Crippen molar-refractivity contribution >= 4 is 87.3 Å². The molecule has 38 nitrogen and oxygen atoms in total. The van der Waals surface area contributed by atoms with Gasteiger partial charge in [0.05, 0.1) is 44.2 Å². The van der Waals surface area contributed by atoms with E-state index < -0.39 is 170 Å². The number of benzene rings is 4. The van der Waals surface area contributed by atoms with Gasteiger partial charge in [0.15, 0.2) is 36.0 Å². The molecule has 8 aliphatic rings. The summed E-state index contributed by atoms with van der Waals surface area (Å²) < 4.78 is 141. The Hall–Kier alpha value is -12.5. The lowest BCUT2D eigenvalue weighted by Gasteiger charge is -2.21. The summed E-state index contributed by atoms with van der Waals surface area (Å²) in [7, 11) is 3.60. The van der Waals surface area contributed by atoms with E-state index in [1.807, 2.05) is 11.9 Å². The average Bonchev–Trinajstić information content (AvgIpc) is 1.64. The van der Waals surface area contributed by atoms with Crippen LogP contribution in [0, 0.1) is 0 Å². The number of alkyl halides is 8. The molecule has 0 spiro atoms. The smallest absolute Gasteiger partial charge is 0.351 e. The molecule has 47 heteroatoms. The van der Waals surface area contributed by atoms with Gasteiger partial charge >= 0.3 is 46.4 Å². The highest BCUT2D eigenvalue weighted by molar-refractivity contribution is 7.99. The number of nitrogens with one attached hydrogen (secondary N) is 6. The summed E-state index contributed by atoms with van der Waals surface area (Å²) in [6.45, 7) is 8.16. The highest BCUT2D eigenvalue weighted by atomic mass is 32.2. The zero-order chi connectivity index (χ0) is 89.0. The van der Waals surface area contributed by atoms with E-state index >= 15 is 0 Å². The van der Waals surface area contributed by atoms with Crippen LogP contribution in [0.2, 0.25) is 0 Å². The molecule has 4 unspecified atom stereocenters. The van der Waals surface area contributed by atoms with Crippen molar-refractivity contribution < 1.29 is 124 Å². The Kier molecular flexibility index (Phi) is 25.0. The molecule has 8 aliphatic heterocycles. The van der Waals surface area contributed by atoms with Gasteiger partial charge in [0.2, 0.25) is 30.8 Å². The Labute approximate surface area is 689 Å². The summed E-state index contributed by atoms with van der Waals surface area (Å²) in [6, 6.07) is 23.9. The molecule has 0 saturated carbocycles. The quantitative estimate of drug-likeness (QED) is 0.0618. The van der Waals surface area contributed by atoms with Crippen LogP contribution in [0.1, 0.15) is 77.5 Å². The van der Waals surface area contributed by atoms with Crippen LogP contribution in [0.25, 0.3) is 0 Å². The third-order valence-electron chi connectivity index (χ3n) is 20.2. The number of ether oxygens (including phenoxy) is 5. The van der Waals surface area contributed by atoms with Crippen molar-refractivity contribution in [2.45, 2.75) is 115 Å². The first kappa shape index (κ1) is 88.3. The molecule has 650 valence electrons. The summed E-state index contributed by atoms with van der Waals surface area (Å²) in [5.41, 5.74) is 2.97. The van der Waals surface area contributed by atoms with Crippen LogP contribution >= 0.6 is 11.8 Å². The minimum absolute atomic E-state index is 0.131. The molecule has 4 saturated heterocycles. The highest BCUT2D eigenvalue weighted by Crippen LogP contribution is 2.47. The number of amides is 5. The third kappa shape index (κ3) is 17.5. The van der Waals surface area contributed by atoms with Crippen LogP contribution in [-0.2, 0) is 36.6 Å². The highest BCUT2D eigenvalue weighted by Gasteiger charge is 2.63. The van der Waals surface area contributed by atoms with E-state index in [2.05, 4.69) is 71.6 Å². The van der Waals surface area contributed by atoms with Crippen molar-refractivity contribution in [3.63, 3.8) is 0 Å². The molecular weight excluding hydrogens is 1670 g/mol. The van der Waals surface area contributed by atoms with Crippen molar-refractivity contribution in [1.29, 1.82) is 0 Å². The van der Waals surface area contributed by atoms with Crippen LogP contribution < -0.4 is 69.2 Å². The van der Waals surface area contributed by atoms with Gasteiger partial charge in [0, 0.05) is 101 Å². The predicted molar refractivity (Wildman–Crippen MR) is 415 cm³/mol. The topological polar surface area (TPSA) is 512 Å². The fraction of sp³-hybridized carbons (Fsp3) is 0.329. The first-order chi connectivity index (χ1) is 58.2. The van der Waals surface area contributed by atoms with Crippen molar-refractivity contribution in [2.75, 3.05) is 88.0 Å². The minimum atomic E-state index is -3.83. The summed E-state index contributed by atoms with van der Waals surface area (Å²) >= 11 is 1.52. The number of rotatable bonds is 16. The molecule has 5 amide bonds. The number of nitrogens with zero attached hydrogens (tertiary/aromatic N) is 10. The normalized spacial score (nSPS) is 24.3. The Balaban J connectivity index is 0.000000141. The van der Waals surface area contributed by atoms with Gasteiger partial charge in [-0.15, -0.1) is 11.8 Å². The maximum Gasteiger partial charge on any atom is 0.351 e. The van der Waals surface area contributed by atoms with Gasteiger partial charge in [-0.1, -0.05) is 13.2 Å². The molecular formula is C76H72F8N16O22S. The van der Waals surface area contributed by atoms with Crippen LogP contribution in [0.5, 0.6) is 5.75 Å². The van der Waals surface area contributed by atoms with Crippen molar-refractivity contribution in [3.05, 3.63) is 234 Å². The number of hydrogen-bond donors (Lipinski definition) is 14. The van der Waals surface area contributed by atoms with E-state index in [9.17, 15) is 98.7 Å². The summed E-state index contributed by atoms with van der Waals surface area (Å²) in [6.07, 6.45) is -19.3. The second kappa shape index (κ2) is 34.8. The van der Waals surface area contributed by atoms with Gasteiger partial charge in [-0.25, -0.2) is 19.2 Å². The van der Waals surface area contributed by atoms with Crippen molar-refractivity contribution in [1.82, 2.24) is 38.2 Å². The number of carbonyl (C=O) groups is 5. The monoisotopic (exact) mass is 1740 g/mol. The van der Waals surface area contributed by atoms with Crippen molar-refractivity contribution in [3.8, 4) is 5.75 Å². The molecule has 4 aromatic carbocycles. The fourth-order valence-electron chi connectivity index (χ4n) is 13.6. The molecule has 14 N–H and O–H groups in total. The van der Waals surface area contributed by atoms with E-state index in [1.165, 1.54) is 36.0 Å². The first-order valence-corrected chi connectivity index (χ1v) is 37.5. The van der Waals surface area contributed by atoms with E-state index in [4.69, 9.17) is 44.1 Å². The Morgan fingerprint density at radius 1 is 0.455 bits per heavy atom. The maximum absolute atomic E-state index is 14.2. The second-order valence-corrected chi connectivity index (χ2v) is 29.4. The lowest BCUT2D eigenvalue weighted by Crippen LogP contribution is -2.41. The maximum atomic E-state index is 14.2. The number of aromatic nitrogens is 8. The van der Waals surface area contributed by atoms with E-state index in [0.29, 0.717) is 70.1 Å². The van der Waals surface area contributed by atoms with Crippen LogP contribution in [0.15, 0.2) is 183 Å². The van der Waals surface area contributed by atoms with E-state index in [1.54, 1.807) is 66.5 Å². The molecule has 0 aliphatic carbocycles. The molecule has 0 radical (unpaired) electrons. The molecule has 4 aromatic heterocycles. The van der Waals surface area contributed by atoms with Gasteiger partial charge in [0.25, 0.3) is 23.6 Å². The fourth-order valence-corrected chi connectivity index (χ4v) is 14.4. The molecule has 8 aromatic rings. The summed E-state index contributed by atoms with van der Waals surface area (Å²) in [5.74, 6) is -16.7. The van der Waals surface area contributed by atoms with Crippen LogP contribution in [0.3, 0.4) is 0 Å². The standard InChI is InChI=1S/C20H20F2N4O5.C19H18F2N4O6.C19H18F2N4O5S.C18H16F2N4O6/c1-10-7-12-8-11(3-4-13(12)25(10)2)17(29)23-15-5-6-26(19(30)24-15)18-20(21,22)16(28)14(9-27)31-18;1-9-24(2)11-7-10(3-4-12(11)30-9)16(28)22-14-5-6-25(18(29)23-14)17-19(20,21)15(27)13(8-26)31-17;1-9-8-31-13-6-10(2-3-11(13)22-9)16(28)23-14-4-5-25(18(29)24-14)17-19(20,21)15(27)12(7-26)30-17;19-18(20)14(27)11(7-25)30-16(18)24-4-3-12(23-17(24)29)22-15(28)8-1-2-10-9(5-8)6-13(26)21-10/h3-6,8,14,16,18,27-28H,1,7,9H2,2H3,(H,23,24,29,30);3-7,13,15,17,26-27H,1,8H2,2H3,(H,22,23,28,29);2-6,12,15,17,22,26-27H,1,7-8H2,(H,23,24,28,29);1-5,11,14,16,25,27H,6-7H2,(H,21,26)(H,22,23,28,29)/t14-,16-,18?;13-,15-,17?;12-,15-,17?;11-,14-,16?/m1111/s1. The van der Waals surface area contributed by atoms with Crippen molar-refractivity contribution in [2.24, 2.45) is 0 Å². The Bertz CT molecular complexity index is 5820. The number of likely N-dealkylation sites (N-methyl/N-ethyl adjacent to an activating group) is 1. The molecule has 4 fully saturated rings. The number of anilines is 8. The summed E-state index contributed by atoms with van der Waals surface area (Å²) in [4.78, 5) is 129. The number of thioether (sulfide) groups is 1. The van der Waals surface area contributed by atoms with Crippen LogP contribution in [0.4, 0.5) is 81.1 Å². The lowest BCUT2D eigenvalue weighted by molar-refractivity contribution is -0.141. The zero-order valence-electron chi connectivity index (χ0n) is 63.7. The van der Waals surface area contributed by atoms with E-state index in [-0.39, 0.29) is 46.7 Å². The van der Waals surface area contributed by atoms with Gasteiger partial charge in [-0.2, -0.15) is 55.1 Å². The number of hydrogen-bond acceptors (Lipinski definition) is 30. The van der Waals surface area contributed by atoms with Gasteiger partial charge in [-0.05, 0) is 115 Å². The number of fused-ring (bicyclic) bond motifs is 4. The van der Waals surface area contributed by atoms with E-state index in [0.717, 1.165) is 76.2 Å². The third-order valence-corrected chi connectivity index (χ3v) is 21.4. The molecule has 12 heterocycles. The first-order valence-electron chi connectivity index (χ1n) is 36.5.